The van der Waals surface area contributed by atoms with Gasteiger partial charge in [-0.05, 0) is 12.1 Å². The van der Waals surface area contributed by atoms with Crippen LogP contribution in [-0.2, 0) is 19.9 Å². The molecule has 0 saturated carbocycles. The van der Waals surface area contributed by atoms with E-state index in [-0.39, 0.29) is 11.8 Å². The zero-order valence-corrected chi connectivity index (χ0v) is 9.85. The van der Waals surface area contributed by atoms with Gasteiger partial charge in [0.15, 0.2) is 0 Å². The Morgan fingerprint density at radius 3 is 1.83 bits per heavy atom. The zero-order valence-electron chi connectivity index (χ0n) is 9.03. The summed E-state index contributed by atoms with van der Waals surface area (Å²) in [5, 5.41) is 2.03. The third kappa shape index (κ3) is 5.77. The van der Waals surface area contributed by atoms with Gasteiger partial charge in [-0.2, -0.15) is 8.42 Å². The van der Waals surface area contributed by atoms with E-state index in [1.54, 1.807) is 18.2 Å². The summed E-state index contributed by atoms with van der Waals surface area (Å²) < 4.78 is 30.7. The third-order valence-corrected chi connectivity index (χ3v) is 2.15. The van der Waals surface area contributed by atoms with Gasteiger partial charge >= 0.3 is 10.3 Å². The molecule has 96 valence electrons. The largest absolute Gasteiger partial charge is 0.357 e. The second kappa shape index (κ2) is 5.94. The Bertz CT molecular complexity index is 549. The molecule has 0 atom stereocenters. The Morgan fingerprint density at radius 1 is 1.00 bits per heavy atom. The minimum Gasteiger partial charge on any atom is -0.289 e. The number of rotatable bonds is 2. The molecular formula is C10H10N2O5S. The van der Waals surface area contributed by atoms with Crippen molar-refractivity contribution < 1.29 is 22.6 Å². The lowest BCUT2D eigenvalue weighted by atomic mass is 10.3. The highest BCUT2D eigenvalue weighted by Gasteiger charge is 2.06. The number of nitrogens with one attached hydrogen (secondary N) is 2. The quantitative estimate of drug-likeness (QED) is 0.521. The lowest BCUT2D eigenvalue weighted by Gasteiger charge is -1.99. The predicted molar refractivity (Wildman–Crippen MR) is 63.9 cm³/mol. The summed E-state index contributed by atoms with van der Waals surface area (Å²) in [6.07, 6.45) is 2.39. The van der Waals surface area contributed by atoms with Gasteiger partial charge in [0.05, 0.1) is 5.69 Å². The number of hydrogen-bond acceptors (Lipinski definition) is 4. The number of benzene rings is 1. The predicted octanol–water partition coefficient (Wildman–Crippen LogP) is 0.100. The van der Waals surface area contributed by atoms with Gasteiger partial charge in [-0.1, -0.05) is 18.2 Å². The molecule has 0 unspecified atom stereocenters. The topological polar surface area (TPSA) is 113 Å². The molecule has 0 fully saturated rings. The Balaban J connectivity index is 0.000000199. The number of anilines is 1. The highest BCUT2D eigenvalue weighted by atomic mass is 32.2. The van der Waals surface area contributed by atoms with Crippen LogP contribution in [0.1, 0.15) is 0 Å². The molecule has 1 aromatic carbocycles. The standard InChI is InChI=1S/C6H7NO3S.C4H3NO2/c8-11(9,10)7-6-4-2-1-3-5-6;6-3-1-2-4(7)5-3/h1-5,7H,(H,8,9,10);1-2H,(H,5,6,7). The van der Waals surface area contributed by atoms with Crippen molar-refractivity contribution in [2.24, 2.45) is 0 Å². The van der Waals surface area contributed by atoms with E-state index in [2.05, 4.69) is 0 Å². The first-order valence-electron chi connectivity index (χ1n) is 4.70. The smallest absolute Gasteiger partial charge is 0.289 e. The summed E-state index contributed by atoms with van der Waals surface area (Å²) in [6.45, 7) is 0. The molecule has 0 saturated heterocycles. The van der Waals surface area contributed by atoms with Crippen LogP contribution in [0.15, 0.2) is 42.5 Å². The van der Waals surface area contributed by atoms with Crippen molar-refractivity contribution in [3.63, 3.8) is 0 Å². The van der Waals surface area contributed by atoms with E-state index in [0.717, 1.165) is 0 Å². The fourth-order valence-electron chi connectivity index (χ4n) is 1.01. The van der Waals surface area contributed by atoms with Crippen molar-refractivity contribution in [2.45, 2.75) is 0 Å². The van der Waals surface area contributed by atoms with Crippen molar-refractivity contribution in [2.75, 3.05) is 4.72 Å². The SMILES string of the molecule is O=C1C=CC(=O)N1.O=S(=O)(O)Nc1ccccc1. The van der Waals surface area contributed by atoms with Crippen LogP contribution in [0.3, 0.4) is 0 Å². The minimum atomic E-state index is -4.13. The second-order valence-electron chi connectivity index (χ2n) is 3.13. The fourth-order valence-corrected chi connectivity index (χ4v) is 1.45. The van der Waals surface area contributed by atoms with E-state index in [0.29, 0.717) is 5.69 Å². The molecule has 2 rings (SSSR count). The van der Waals surface area contributed by atoms with Crippen LogP contribution < -0.4 is 10.0 Å². The summed E-state index contributed by atoms with van der Waals surface area (Å²) in [7, 11) is -4.13. The molecule has 0 spiro atoms. The lowest BCUT2D eigenvalue weighted by Crippen LogP contribution is -2.19. The highest BCUT2D eigenvalue weighted by molar-refractivity contribution is 7.87. The molecule has 1 aromatic rings. The van der Waals surface area contributed by atoms with Gasteiger partial charge in [0.1, 0.15) is 0 Å². The Labute approximate surface area is 103 Å². The van der Waals surface area contributed by atoms with Gasteiger partial charge in [-0.3, -0.25) is 24.2 Å². The number of carbonyl (C=O) groups is 2. The van der Waals surface area contributed by atoms with Crippen LogP contribution in [0.2, 0.25) is 0 Å². The molecule has 2 amide bonds. The molecule has 0 radical (unpaired) electrons. The first-order chi connectivity index (χ1) is 8.37. The van der Waals surface area contributed by atoms with Crippen LogP contribution >= 0.6 is 0 Å². The van der Waals surface area contributed by atoms with Gasteiger partial charge in [-0.15, -0.1) is 0 Å². The number of para-hydroxylation sites is 1. The van der Waals surface area contributed by atoms with Crippen molar-refractivity contribution in [1.29, 1.82) is 0 Å². The monoisotopic (exact) mass is 270 g/mol. The summed E-state index contributed by atoms with van der Waals surface area (Å²) in [6, 6.07) is 8.14. The summed E-state index contributed by atoms with van der Waals surface area (Å²) in [5.74, 6) is -0.657. The average Bonchev–Trinajstić information content (AvgIpc) is 2.62. The third-order valence-electron chi connectivity index (χ3n) is 1.65. The van der Waals surface area contributed by atoms with Crippen molar-refractivity contribution >= 4 is 27.8 Å². The molecule has 1 aliphatic rings. The van der Waals surface area contributed by atoms with Gasteiger partial charge < -0.3 is 0 Å². The molecule has 1 heterocycles. The average molecular weight is 270 g/mol. The summed E-state index contributed by atoms with van der Waals surface area (Å²) in [4.78, 5) is 20.1. The fraction of sp³-hybridized carbons (Fsp3) is 0. The number of amides is 2. The Hall–Kier alpha value is -2.19. The Morgan fingerprint density at radius 2 is 1.50 bits per heavy atom. The molecule has 0 aromatic heterocycles. The van der Waals surface area contributed by atoms with E-state index in [4.69, 9.17) is 4.55 Å². The zero-order chi connectivity index (χ0) is 13.6. The molecule has 0 bridgehead atoms. The van der Waals surface area contributed by atoms with Crippen LogP contribution in [0, 0.1) is 0 Å². The molecular weight excluding hydrogens is 260 g/mol. The summed E-state index contributed by atoms with van der Waals surface area (Å²) >= 11 is 0. The Kier molecular flexibility index (Phi) is 4.58. The van der Waals surface area contributed by atoms with Crippen molar-refractivity contribution in [1.82, 2.24) is 5.32 Å². The van der Waals surface area contributed by atoms with Gasteiger partial charge in [0, 0.05) is 12.2 Å². The van der Waals surface area contributed by atoms with Crippen molar-refractivity contribution in [3.05, 3.63) is 42.5 Å². The lowest BCUT2D eigenvalue weighted by molar-refractivity contribution is -0.123. The minimum absolute atomic E-state index is 0.329. The maximum atomic E-state index is 10.2. The van der Waals surface area contributed by atoms with Crippen LogP contribution in [0.5, 0.6) is 0 Å². The van der Waals surface area contributed by atoms with E-state index in [1.165, 1.54) is 24.3 Å². The normalized spacial score (nSPS) is 13.6. The van der Waals surface area contributed by atoms with Gasteiger partial charge in [0.2, 0.25) is 0 Å². The van der Waals surface area contributed by atoms with Crippen LogP contribution in [-0.4, -0.2) is 24.8 Å². The second-order valence-corrected chi connectivity index (χ2v) is 4.28. The maximum Gasteiger partial charge on any atom is 0.357 e. The summed E-state index contributed by atoms with van der Waals surface area (Å²) in [5.41, 5.74) is 0.343. The molecule has 18 heavy (non-hydrogen) atoms. The number of imide groups is 1. The maximum absolute atomic E-state index is 10.2. The number of hydrogen-bond donors (Lipinski definition) is 3. The van der Waals surface area contributed by atoms with E-state index in [1.807, 2.05) is 10.0 Å². The first kappa shape index (κ1) is 13.9. The van der Waals surface area contributed by atoms with E-state index < -0.39 is 10.3 Å². The first-order valence-corrected chi connectivity index (χ1v) is 6.14. The van der Waals surface area contributed by atoms with Crippen LogP contribution in [0.25, 0.3) is 0 Å². The van der Waals surface area contributed by atoms with Crippen LogP contribution in [0.4, 0.5) is 5.69 Å². The molecule has 0 aliphatic carbocycles. The molecule has 8 heteroatoms. The van der Waals surface area contributed by atoms with Crippen molar-refractivity contribution in [3.8, 4) is 0 Å². The molecule has 1 aliphatic heterocycles. The van der Waals surface area contributed by atoms with Gasteiger partial charge in [-0.25, -0.2) is 0 Å². The van der Waals surface area contributed by atoms with E-state index >= 15 is 0 Å². The van der Waals surface area contributed by atoms with Gasteiger partial charge in [0.25, 0.3) is 11.8 Å². The van der Waals surface area contributed by atoms with E-state index in [9.17, 15) is 18.0 Å². The molecule has 7 nitrogen and oxygen atoms in total. The number of carbonyl (C=O) groups excluding carboxylic acids is 2. The highest BCUT2D eigenvalue weighted by Crippen LogP contribution is 2.05. The molecule has 3 N–H and O–H groups in total.